The molecule has 1 unspecified atom stereocenters. The van der Waals surface area contributed by atoms with E-state index in [4.69, 9.17) is 11.6 Å². The standard InChI is InChI=1S/C31H25ClN4O3S/c32-23-13-11-21(12-14-23)19-28(37)33-24-15-17-26(18-16-24)40-30(22-7-3-1-4-8-22)31(39)34-27-20-29(38)36(35-27)25-9-5-2-6-10-25/h1-18,30H,19-20H2,(H,33,37)(H,34,35,39). The van der Waals surface area contributed by atoms with Gasteiger partial charge in [-0.1, -0.05) is 72.3 Å². The number of hydrazone groups is 1. The van der Waals surface area contributed by atoms with Gasteiger partial charge in [0.1, 0.15) is 11.1 Å². The van der Waals surface area contributed by atoms with Gasteiger partial charge in [-0.3, -0.25) is 14.4 Å². The number of anilines is 2. The number of hydrogen-bond acceptors (Lipinski definition) is 5. The van der Waals surface area contributed by atoms with Crippen molar-refractivity contribution in [1.29, 1.82) is 0 Å². The molecule has 5 rings (SSSR count). The van der Waals surface area contributed by atoms with Crippen LogP contribution in [0.15, 0.2) is 119 Å². The van der Waals surface area contributed by atoms with Crippen LogP contribution in [0.5, 0.6) is 0 Å². The number of carbonyl (C=O) groups is 3. The molecule has 4 aromatic rings. The molecule has 1 heterocycles. The fourth-order valence-electron chi connectivity index (χ4n) is 4.12. The Kier molecular flexibility index (Phi) is 8.59. The highest BCUT2D eigenvalue weighted by Crippen LogP contribution is 2.36. The molecule has 0 aromatic heterocycles. The van der Waals surface area contributed by atoms with Crippen molar-refractivity contribution in [1.82, 2.24) is 5.32 Å². The van der Waals surface area contributed by atoms with Crippen LogP contribution >= 0.6 is 23.4 Å². The summed E-state index contributed by atoms with van der Waals surface area (Å²) in [7, 11) is 0. The molecular formula is C31H25ClN4O3S. The van der Waals surface area contributed by atoms with Gasteiger partial charge in [0.05, 0.1) is 18.5 Å². The first-order chi connectivity index (χ1) is 19.4. The fraction of sp³-hybridized carbons (Fsp3) is 0.0968. The van der Waals surface area contributed by atoms with Crippen LogP contribution in [0, 0.1) is 0 Å². The Morgan fingerprint density at radius 3 is 2.17 bits per heavy atom. The Labute approximate surface area is 241 Å². The first-order valence-corrected chi connectivity index (χ1v) is 13.8. The van der Waals surface area contributed by atoms with Gasteiger partial charge in [0.25, 0.3) is 5.91 Å². The second kappa shape index (κ2) is 12.6. The fourth-order valence-corrected chi connectivity index (χ4v) is 5.27. The summed E-state index contributed by atoms with van der Waals surface area (Å²) < 4.78 is 0. The van der Waals surface area contributed by atoms with Crippen LogP contribution in [0.25, 0.3) is 0 Å². The van der Waals surface area contributed by atoms with Gasteiger partial charge in [-0.25, -0.2) is 0 Å². The third kappa shape index (κ3) is 6.97. The molecule has 0 spiro atoms. The van der Waals surface area contributed by atoms with Crippen molar-refractivity contribution in [3.8, 4) is 0 Å². The minimum atomic E-state index is -0.588. The maximum absolute atomic E-state index is 13.5. The van der Waals surface area contributed by atoms with Crippen LogP contribution in [0.3, 0.4) is 0 Å². The zero-order valence-corrected chi connectivity index (χ0v) is 22.9. The summed E-state index contributed by atoms with van der Waals surface area (Å²) in [6, 6.07) is 33.0. The SMILES string of the molecule is O=C(Cc1ccc(Cl)cc1)Nc1ccc(SC(C(=O)NC2=NN(c3ccccc3)C(=O)C2)c2ccccc2)cc1. The molecule has 9 heteroatoms. The molecule has 40 heavy (non-hydrogen) atoms. The normalized spacial score (nSPS) is 13.5. The summed E-state index contributed by atoms with van der Waals surface area (Å²) in [6.45, 7) is 0. The van der Waals surface area contributed by atoms with Gasteiger partial charge >= 0.3 is 0 Å². The molecule has 4 aromatic carbocycles. The average molecular weight is 569 g/mol. The molecular weight excluding hydrogens is 544 g/mol. The van der Waals surface area contributed by atoms with Crippen molar-refractivity contribution in [3.63, 3.8) is 0 Å². The van der Waals surface area contributed by atoms with Crippen LogP contribution in [0.4, 0.5) is 11.4 Å². The van der Waals surface area contributed by atoms with E-state index in [1.54, 1.807) is 36.4 Å². The summed E-state index contributed by atoms with van der Waals surface area (Å²) >= 11 is 7.29. The molecule has 0 saturated carbocycles. The molecule has 0 aliphatic carbocycles. The Hall–Kier alpha value is -4.40. The average Bonchev–Trinajstić information content (AvgIpc) is 3.34. The van der Waals surface area contributed by atoms with E-state index in [9.17, 15) is 14.4 Å². The summed E-state index contributed by atoms with van der Waals surface area (Å²) in [5, 5.41) is 11.4. The Morgan fingerprint density at radius 1 is 0.850 bits per heavy atom. The van der Waals surface area contributed by atoms with Crippen molar-refractivity contribution in [2.24, 2.45) is 5.10 Å². The summed E-state index contributed by atoms with van der Waals surface area (Å²) in [6.07, 6.45) is 0.245. The predicted molar refractivity (Wildman–Crippen MR) is 159 cm³/mol. The lowest BCUT2D eigenvalue weighted by atomic mass is 10.1. The Bertz CT molecular complexity index is 1530. The van der Waals surface area contributed by atoms with E-state index < -0.39 is 5.25 Å². The molecule has 2 N–H and O–H groups in total. The summed E-state index contributed by atoms with van der Waals surface area (Å²) in [5.74, 6) is -0.322. The maximum Gasteiger partial charge on any atom is 0.255 e. The van der Waals surface area contributed by atoms with E-state index >= 15 is 0 Å². The minimum Gasteiger partial charge on any atom is -0.326 e. The summed E-state index contributed by atoms with van der Waals surface area (Å²) in [5.41, 5.74) is 2.98. The predicted octanol–water partition coefficient (Wildman–Crippen LogP) is 6.22. The quantitative estimate of drug-likeness (QED) is 0.247. The van der Waals surface area contributed by atoms with E-state index in [1.165, 1.54) is 16.8 Å². The van der Waals surface area contributed by atoms with Crippen LogP contribution in [0.2, 0.25) is 5.02 Å². The number of carbonyl (C=O) groups excluding carboxylic acids is 3. The number of amidine groups is 1. The molecule has 200 valence electrons. The van der Waals surface area contributed by atoms with E-state index in [1.807, 2.05) is 72.8 Å². The van der Waals surface area contributed by atoms with E-state index in [2.05, 4.69) is 15.7 Å². The molecule has 1 atom stereocenters. The number of hydrogen-bond donors (Lipinski definition) is 2. The van der Waals surface area contributed by atoms with Gasteiger partial charge in [0, 0.05) is 15.6 Å². The molecule has 1 aliphatic heterocycles. The number of rotatable bonds is 8. The van der Waals surface area contributed by atoms with Gasteiger partial charge in [-0.05, 0) is 59.7 Å². The monoisotopic (exact) mass is 568 g/mol. The van der Waals surface area contributed by atoms with E-state index in [-0.39, 0.29) is 30.6 Å². The molecule has 1 aliphatic rings. The molecule has 3 amide bonds. The van der Waals surface area contributed by atoms with Gasteiger partial charge < -0.3 is 10.6 Å². The molecule has 0 radical (unpaired) electrons. The van der Waals surface area contributed by atoms with Gasteiger partial charge in [0.15, 0.2) is 0 Å². The Balaban J connectivity index is 1.26. The smallest absolute Gasteiger partial charge is 0.255 e. The zero-order chi connectivity index (χ0) is 27.9. The van der Waals surface area contributed by atoms with Crippen molar-refractivity contribution in [3.05, 3.63) is 125 Å². The highest BCUT2D eigenvalue weighted by atomic mass is 35.5. The van der Waals surface area contributed by atoms with Gasteiger partial charge in [0.2, 0.25) is 11.8 Å². The third-order valence-corrected chi connectivity index (χ3v) is 7.57. The van der Waals surface area contributed by atoms with E-state index in [0.717, 1.165) is 16.0 Å². The van der Waals surface area contributed by atoms with Crippen LogP contribution in [-0.4, -0.2) is 23.6 Å². The second-order valence-corrected chi connectivity index (χ2v) is 10.7. The largest absolute Gasteiger partial charge is 0.326 e. The number of nitrogens with one attached hydrogen (secondary N) is 2. The third-order valence-electron chi connectivity index (χ3n) is 6.05. The van der Waals surface area contributed by atoms with Crippen molar-refractivity contribution in [2.75, 3.05) is 10.3 Å². The number of nitrogens with zero attached hydrogens (tertiary/aromatic N) is 2. The van der Waals surface area contributed by atoms with Crippen LogP contribution in [-0.2, 0) is 20.8 Å². The number of para-hydroxylation sites is 1. The van der Waals surface area contributed by atoms with E-state index in [0.29, 0.717) is 22.2 Å². The number of halogens is 1. The molecule has 0 saturated heterocycles. The van der Waals surface area contributed by atoms with Gasteiger partial charge in [-0.2, -0.15) is 10.1 Å². The number of thioether (sulfide) groups is 1. The zero-order valence-electron chi connectivity index (χ0n) is 21.3. The van der Waals surface area contributed by atoms with Crippen LogP contribution < -0.4 is 15.6 Å². The molecule has 0 bridgehead atoms. The van der Waals surface area contributed by atoms with Crippen LogP contribution in [0.1, 0.15) is 22.8 Å². The summed E-state index contributed by atoms with van der Waals surface area (Å²) in [4.78, 5) is 39.3. The lowest BCUT2D eigenvalue weighted by molar-refractivity contribution is -0.119. The van der Waals surface area contributed by atoms with Gasteiger partial charge in [-0.15, -0.1) is 11.8 Å². The second-order valence-electron chi connectivity index (χ2n) is 9.04. The van der Waals surface area contributed by atoms with Crippen molar-refractivity contribution < 1.29 is 14.4 Å². The lowest BCUT2D eigenvalue weighted by Gasteiger charge is -2.17. The van der Waals surface area contributed by atoms with Crippen molar-refractivity contribution in [2.45, 2.75) is 23.0 Å². The highest BCUT2D eigenvalue weighted by molar-refractivity contribution is 8.00. The topological polar surface area (TPSA) is 90.9 Å². The Morgan fingerprint density at radius 2 is 1.50 bits per heavy atom. The lowest BCUT2D eigenvalue weighted by Crippen LogP contribution is -2.33. The van der Waals surface area contributed by atoms with Crippen molar-refractivity contribution >= 4 is 58.3 Å². The molecule has 7 nitrogen and oxygen atoms in total. The number of benzene rings is 4. The molecule has 0 fully saturated rings. The maximum atomic E-state index is 13.5. The first-order valence-electron chi connectivity index (χ1n) is 12.6. The minimum absolute atomic E-state index is 0.0111. The first kappa shape index (κ1) is 27.2. The highest BCUT2D eigenvalue weighted by Gasteiger charge is 2.29. The number of amides is 3.